The lowest BCUT2D eigenvalue weighted by Gasteiger charge is -2.06. The molecule has 1 atom stereocenters. The first-order valence-electron chi connectivity index (χ1n) is 6.97. The van der Waals surface area contributed by atoms with Crippen molar-refractivity contribution in [1.82, 2.24) is 15.6 Å². The average molecular weight is 330 g/mol. The molecule has 0 radical (unpaired) electrons. The Bertz CT molecular complexity index is 772. The van der Waals surface area contributed by atoms with E-state index in [9.17, 15) is 14.4 Å². The first-order chi connectivity index (χ1) is 11.0. The lowest BCUT2D eigenvalue weighted by Crippen LogP contribution is -2.33. The Balaban J connectivity index is 1.68. The van der Waals surface area contributed by atoms with E-state index in [0.29, 0.717) is 5.13 Å². The van der Waals surface area contributed by atoms with Gasteiger partial charge in [-0.25, -0.2) is 9.78 Å². The molecule has 3 rings (SSSR count). The van der Waals surface area contributed by atoms with Crippen LogP contribution >= 0.6 is 11.3 Å². The van der Waals surface area contributed by atoms with E-state index in [0.717, 1.165) is 16.1 Å². The third-order valence-corrected chi connectivity index (χ3v) is 4.45. The van der Waals surface area contributed by atoms with Crippen LogP contribution in [0.5, 0.6) is 0 Å². The molecule has 1 aromatic carbocycles. The van der Waals surface area contributed by atoms with Crippen LogP contribution in [0.3, 0.4) is 0 Å². The number of amides is 4. The summed E-state index contributed by atoms with van der Waals surface area (Å²) in [7, 11) is 0. The van der Waals surface area contributed by atoms with Gasteiger partial charge < -0.3 is 10.6 Å². The van der Waals surface area contributed by atoms with Crippen LogP contribution < -0.4 is 16.0 Å². The molecule has 3 N–H and O–H groups in total. The number of carbonyl (C=O) groups excluding carboxylic acids is 3. The van der Waals surface area contributed by atoms with Crippen LogP contribution in [0, 0.1) is 6.92 Å². The van der Waals surface area contributed by atoms with Crippen LogP contribution in [0.4, 0.5) is 9.93 Å². The molecule has 2 heterocycles. The zero-order valence-corrected chi connectivity index (χ0v) is 13.1. The number of carbonyl (C=O) groups is 3. The van der Waals surface area contributed by atoms with Gasteiger partial charge in [-0.3, -0.25) is 14.9 Å². The van der Waals surface area contributed by atoms with Gasteiger partial charge in [0.1, 0.15) is 6.04 Å². The van der Waals surface area contributed by atoms with Gasteiger partial charge in [-0.2, -0.15) is 0 Å². The number of benzene rings is 1. The van der Waals surface area contributed by atoms with Gasteiger partial charge in [0.05, 0.1) is 17.0 Å². The number of hydrogen-bond acceptors (Lipinski definition) is 5. The summed E-state index contributed by atoms with van der Waals surface area (Å²) < 4.78 is 0. The first-order valence-corrected chi connectivity index (χ1v) is 7.78. The van der Waals surface area contributed by atoms with Gasteiger partial charge in [-0.15, -0.1) is 0 Å². The van der Waals surface area contributed by atoms with Gasteiger partial charge >= 0.3 is 6.03 Å². The maximum absolute atomic E-state index is 12.0. The number of imide groups is 1. The van der Waals surface area contributed by atoms with Crippen LogP contribution in [0.2, 0.25) is 0 Å². The lowest BCUT2D eigenvalue weighted by molar-refractivity contribution is -0.124. The number of rotatable bonds is 4. The number of nitrogens with zero attached hydrogens (tertiary/aromatic N) is 1. The molecule has 7 nitrogen and oxygen atoms in total. The second-order valence-electron chi connectivity index (χ2n) is 5.07. The normalized spacial score (nSPS) is 16.8. The molecular weight excluding hydrogens is 316 g/mol. The summed E-state index contributed by atoms with van der Waals surface area (Å²) in [5, 5.41) is 7.62. The fourth-order valence-electron chi connectivity index (χ4n) is 2.27. The molecule has 2 aromatic rings. The summed E-state index contributed by atoms with van der Waals surface area (Å²) in [5.41, 5.74) is 1.86. The molecule has 1 aromatic heterocycles. The molecule has 0 saturated carbocycles. The van der Waals surface area contributed by atoms with Crippen LogP contribution in [0.1, 0.15) is 12.1 Å². The van der Waals surface area contributed by atoms with Crippen LogP contribution in [0.15, 0.2) is 30.3 Å². The fourth-order valence-corrected chi connectivity index (χ4v) is 3.25. The summed E-state index contributed by atoms with van der Waals surface area (Å²) in [4.78, 5) is 39.8. The highest BCUT2D eigenvalue weighted by atomic mass is 32.1. The number of nitrogens with one attached hydrogen (secondary N) is 3. The van der Waals surface area contributed by atoms with E-state index >= 15 is 0 Å². The fraction of sp³-hybridized carbons (Fsp3) is 0.200. The van der Waals surface area contributed by atoms with Crippen molar-refractivity contribution >= 4 is 34.3 Å². The third kappa shape index (κ3) is 3.37. The molecule has 1 aliphatic heterocycles. The Morgan fingerprint density at radius 3 is 2.70 bits per heavy atom. The van der Waals surface area contributed by atoms with Crippen molar-refractivity contribution in [2.75, 3.05) is 5.32 Å². The Hall–Kier alpha value is -2.74. The number of aryl methyl sites for hydroxylation is 1. The predicted molar refractivity (Wildman–Crippen MR) is 86.0 cm³/mol. The molecule has 1 saturated heterocycles. The average Bonchev–Trinajstić information content (AvgIpc) is 3.02. The largest absolute Gasteiger partial charge is 0.325 e. The van der Waals surface area contributed by atoms with Gasteiger partial charge in [0.2, 0.25) is 5.91 Å². The topological polar surface area (TPSA) is 100 Å². The van der Waals surface area contributed by atoms with Gasteiger partial charge in [-0.05, 0) is 12.5 Å². The minimum absolute atomic E-state index is 0.128. The van der Waals surface area contributed by atoms with Gasteiger partial charge in [-0.1, -0.05) is 41.7 Å². The highest BCUT2D eigenvalue weighted by Crippen LogP contribution is 2.32. The maximum atomic E-state index is 12.0. The van der Waals surface area contributed by atoms with Gasteiger partial charge in [0, 0.05) is 0 Å². The number of anilines is 1. The second-order valence-corrected chi connectivity index (χ2v) is 6.07. The Morgan fingerprint density at radius 2 is 2.04 bits per heavy atom. The Kier molecular flexibility index (Phi) is 4.07. The molecule has 118 valence electrons. The van der Waals surface area contributed by atoms with Crippen molar-refractivity contribution in [1.29, 1.82) is 0 Å². The van der Waals surface area contributed by atoms with E-state index in [1.807, 2.05) is 37.3 Å². The SMILES string of the molecule is Cc1nc(NC(=O)C[C@H]2NC(=O)NC2=O)sc1-c1ccccc1. The molecule has 0 bridgehead atoms. The maximum Gasteiger partial charge on any atom is 0.322 e. The number of hydrogen-bond donors (Lipinski definition) is 3. The summed E-state index contributed by atoms with van der Waals surface area (Å²) in [6.45, 7) is 1.87. The molecule has 23 heavy (non-hydrogen) atoms. The monoisotopic (exact) mass is 330 g/mol. The molecule has 4 amide bonds. The highest BCUT2D eigenvalue weighted by Gasteiger charge is 2.31. The van der Waals surface area contributed by atoms with Crippen molar-refractivity contribution < 1.29 is 14.4 Å². The van der Waals surface area contributed by atoms with Crippen molar-refractivity contribution in [2.24, 2.45) is 0 Å². The number of aromatic nitrogens is 1. The lowest BCUT2D eigenvalue weighted by atomic mass is 10.2. The van der Waals surface area contributed by atoms with Gasteiger partial charge in [0.15, 0.2) is 5.13 Å². The second kappa shape index (κ2) is 6.17. The van der Waals surface area contributed by atoms with E-state index < -0.39 is 18.0 Å². The molecular formula is C15H14N4O3S. The first kappa shape index (κ1) is 15.2. The Labute approximate surface area is 136 Å². The quantitative estimate of drug-likeness (QED) is 0.742. The van der Waals surface area contributed by atoms with Crippen LogP contribution in [-0.4, -0.2) is 28.9 Å². The molecule has 8 heteroatoms. The predicted octanol–water partition coefficient (Wildman–Crippen LogP) is 1.66. The number of urea groups is 1. The van der Waals surface area contributed by atoms with Crippen molar-refractivity contribution in [2.45, 2.75) is 19.4 Å². The molecule has 0 spiro atoms. The summed E-state index contributed by atoms with van der Waals surface area (Å²) in [6.07, 6.45) is -0.128. The van der Waals surface area contributed by atoms with E-state index in [1.165, 1.54) is 11.3 Å². The smallest absolute Gasteiger partial charge is 0.322 e. The molecule has 1 aliphatic rings. The summed E-state index contributed by atoms with van der Waals surface area (Å²) in [5.74, 6) is -0.869. The van der Waals surface area contributed by atoms with Crippen molar-refractivity contribution in [3.63, 3.8) is 0 Å². The van der Waals surface area contributed by atoms with Crippen molar-refractivity contribution in [3.05, 3.63) is 36.0 Å². The highest BCUT2D eigenvalue weighted by molar-refractivity contribution is 7.19. The molecule has 1 fully saturated rings. The molecule has 0 unspecified atom stereocenters. The van der Waals surface area contributed by atoms with Gasteiger partial charge in [0.25, 0.3) is 5.91 Å². The third-order valence-electron chi connectivity index (χ3n) is 3.33. The van der Waals surface area contributed by atoms with E-state index in [1.54, 1.807) is 0 Å². The zero-order valence-electron chi connectivity index (χ0n) is 12.3. The van der Waals surface area contributed by atoms with Crippen molar-refractivity contribution in [3.8, 4) is 10.4 Å². The van der Waals surface area contributed by atoms with E-state index in [-0.39, 0.29) is 12.3 Å². The summed E-state index contributed by atoms with van der Waals surface area (Å²) >= 11 is 1.37. The van der Waals surface area contributed by atoms with Crippen LogP contribution in [-0.2, 0) is 9.59 Å². The van der Waals surface area contributed by atoms with E-state index in [2.05, 4.69) is 20.9 Å². The summed E-state index contributed by atoms with van der Waals surface area (Å²) in [6, 6.07) is 8.35. The zero-order chi connectivity index (χ0) is 16.4. The molecule has 0 aliphatic carbocycles. The number of thiazole rings is 1. The van der Waals surface area contributed by atoms with E-state index in [4.69, 9.17) is 0 Å². The minimum Gasteiger partial charge on any atom is -0.325 e. The standard InChI is InChI=1S/C15H14N4O3S/c1-8-12(9-5-3-2-4-6-9)23-15(16-8)18-11(20)7-10-13(21)19-14(22)17-10/h2-6,10H,7H2,1H3,(H,16,18,20)(H2,17,19,21,22)/t10-/m1/s1. The minimum atomic E-state index is -0.836. The Morgan fingerprint density at radius 1 is 1.30 bits per heavy atom. The van der Waals surface area contributed by atoms with Crippen LogP contribution in [0.25, 0.3) is 10.4 Å².